The maximum atomic E-state index is 14.5. The van der Waals surface area contributed by atoms with Crippen LogP contribution in [0.25, 0.3) is 21.2 Å². The molecule has 4 aromatic rings. The molecule has 1 atom stereocenters. The van der Waals surface area contributed by atoms with Crippen molar-refractivity contribution in [1.29, 1.82) is 0 Å². The topological polar surface area (TPSA) is 81.4 Å². The monoisotopic (exact) mass is 624 g/mol. The second kappa shape index (κ2) is 13.5. The SMILES string of the molecule is CNC1CCC(C(CCc2cc(-c3ccc(C(N)=O)cc3)ccc2OC)CC(=O)c2sc3c(F)ccc(F)c3c2Cl)CC1. The predicted molar refractivity (Wildman–Crippen MR) is 169 cm³/mol. The second-order valence-electron chi connectivity index (χ2n) is 11.3. The second-order valence-corrected chi connectivity index (χ2v) is 12.7. The molecule has 43 heavy (non-hydrogen) atoms. The van der Waals surface area contributed by atoms with Crippen LogP contribution in [-0.4, -0.2) is 31.9 Å². The fourth-order valence-corrected chi connectivity index (χ4v) is 7.84. The molecule has 1 aromatic heterocycles. The van der Waals surface area contributed by atoms with Gasteiger partial charge < -0.3 is 15.8 Å². The van der Waals surface area contributed by atoms with E-state index in [9.17, 15) is 18.4 Å². The van der Waals surface area contributed by atoms with Gasteiger partial charge in [0.1, 0.15) is 17.4 Å². The Balaban J connectivity index is 1.40. The molecule has 3 aromatic carbocycles. The Kier molecular flexibility index (Phi) is 9.79. The molecule has 0 radical (unpaired) electrons. The highest BCUT2D eigenvalue weighted by molar-refractivity contribution is 7.21. The number of primary amides is 1. The molecule has 1 heterocycles. The first-order valence-corrected chi connectivity index (χ1v) is 15.7. The Morgan fingerprint density at radius 2 is 1.70 bits per heavy atom. The Morgan fingerprint density at radius 3 is 2.33 bits per heavy atom. The van der Waals surface area contributed by atoms with Crippen LogP contribution in [0.5, 0.6) is 5.75 Å². The number of benzene rings is 3. The minimum Gasteiger partial charge on any atom is -0.496 e. The van der Waals surface area contributed by atoms with Gasteiger partial charge in [0, 0.05) is 18.0 Å². The molecule has 3 N–H and O–H groups in total. The van der Waals surface area contributed by atoms with E-state index < -0.39 is 17.5 Å². The van der Waals surface area contributed by atoms with Gasteiger partial charge in [-0.25, -0.2) is 8.78 Å². The van der Waals surface area contributed by atoms with E-state index in [-0.39, 0.29) is 38.1 Å². The van der Waals surface area contributed by atoms with Gasteiger partial charge in [-0.1, -0.05) is 29.8 Å². The summed E-state index contributed by atoms with van der Waals surface area (Å²) in [5.41, 5.74) is 8.79. The smallest absolute Gasteiger partial charge is 0.248 e. The fraction of sp³-hybridized carbons (Fsp3) is 0.353. The molecule has 1 aliphatic rings. The molecule has 5 nitrogen and oxygen atoms in total. The number of ketones is 1. The number of Topliss-reactive ketones (excluding diaryl/α,β-unsaturated/α-hetero) is 1. The van der Waals surface area contributed by atoms with Crippen LogP contribution < -0.4 is 15.8 Å². The molecule has 5 rings (SSSR count). The number of hydrogen-bond acceptors (Lipinski definition) is 5. The zero-order valence-electron chi connectivity index (χ0n) is 24.2. The van der Waals surface area contributed by atoms with Crippen molar-refractivity contribution < 1.29 is 23.1 Å². The number of carbonyl (C=O) groups is 2. The molecule has 0 saturated heterocycles. The number of nitrogens with two attached hydrogens (primary N) is 1. The summed E-state index contributed by atoms with van der Waals surface area (Å²) in [5, 5.41) is 3.35. The molecule has 0 aliphatic heterocycles. The number of hydrogen-bond donors (Lipinski definition) is 2. The minimum absolute atomic E-state index is 0.00337. The largest absolute Gasteiger partial charge is 0.496 e. The summed E-state index contributed by atoms with van der Waals surface area (Å²) in [4.78, 5) is 25.4. The zero-order valence-corrected chi connectivity index (χ0v) is 25.8. The number of nitrogens with one attached hydrogen (secondary N) is 1. The van der Waals surface area contributed by atoms with Crippen LogP contribution in [0, 0.1) is 23.5 Å². The number of thiophene rings is 1. The molecule has 1 fully saturated rings. The van der Waals surface area contributed by atoms with Crippen LogP contribution in [0.4, 0.5) is 8.78 Å². The van der Waals surface area contributed by atoms with Crippen LogP contribution in [0.15, 0.2) is 54.6 Å². The van der Waals surface area contributed by atoms with Gasteiger partial charge in [0.2, 0.25) is 5.91 Å². The number of amides is 1. The number of halogens is 3. The van der Waals surface area contributed by atoms with Crippen molar-refractivity contribution in [3.8, 4) is 16.9 Å². The first kappa shape index (κ1) is 31.1. The lowest BCUT2D eigenvalue weighted by Crippen LogP contribution is -2.33. The van der Waals surface area contributed by atoms with Gasteiger partial charge in [-0.3, -0.25) is 9.59 Å². The molecular formula is C34H35ClF2N2O3S. The van der Waals surface area contributed by atoms with E-state index in [1.54, 1.807) is 19.2 Å². The van der Waals surface area contributed by atoms with E-state index in [4.69, 9.17) is 22.1 Å². The van der Waals surface area contributed by atoms with Crippen LogP contribution in [0.1, 0.15) is 64.1 Å². The highest BCUT2D eigenvalue weighted by Gasteiger charge is 2.31. The predicted octanol–water partition coefficient (Wildman–Crippen LogP) is 8.21. The molecule has 1 amide bonds. The quantitative estimate of drug-likeness (QED) is 0.165. The Hall–Kier alpha value is -3.33. The number of methoxy groups -OCH3 is 1. The van der Waals surface area contributed by atoms with E-state index in [2.05, 4.69) is 11.4 Å². The zero-order chi connectivity index (χ0) is 30.7. The van der Waals surface area contributed by atoms with Gasteiger partial charge in [-0.05, 0) is 110 Å². The van der Waals surface area contributed by atoms with Gasteiger partial charge >= 0.3 is 0 Å². The summed E-state index contributed by atoms with van der Waals surface area (Å²) >= 11 is 7.42. The average molecular weight is 625 g/mol. The fourth-order valence-electron chi connectivity index (χ4n) is 6.31. The van der Waals surface area contributed by atoms with Gasteiger partial charge in [-0.2, -0.15) is 0 Å². The minimum atomic E-state index is -0.630. The molecular weight excluding hydrogens is 590 g/mol. The van der Waals surface area contributed by atoms with Gasteiger partial charge in [0.05, 0.1) is 27.1 Å². The standard InChI is InChI=1S/C34H35ClF2N2O3S/c1-39-25-12-9-20(10-13-25)23(18-28(40)33-31(35)30-26(36)14-15-27(37)32(30)43-33)7-8-24-17-22(11-16-29(24)42-2)19-3-5-21(6-4-19)34(38)41/h3-6,11,14-17,20,23,25,39H,7-10,12-13,18H2,1-2H3,(H2,38,41). The lowest BCUT2D eigenvalue weighted by molar-refractivity contribution is 0.0924. The van der Waals surface area contributed by atoms with Gasteiger partial charge in [0.25, 0.3) is 0 Å². The van der Waals surface area contributed by atoms with Gasteiger partial charge in [-0.15, -0.1) is 11.3 Å². The summed E-state index contributed by atoms with van der Waals surface area (Å²) in [7, 11) is 3.62. The van der Waals surface area contributed by atoms with Crippen molar-refractivity contribution in [2.24, 2.45) is 17.6 Å². The maximum absolute atomic E-state index is 14.5. The van der Waals surface area contributed by atoms with E-state index >= 15 is 0 Å². The van der Waals surface area contributed by atoms with Crippen molar-refractivity contribution in [3.63, 3.8) is 0 Å². The van der Waals surface area contributed by atoms with Crippen molar-refractivity contribution in [2.75, 3.05) is 14.2 Å². The molecule has 0 bridgehead atoms. The number of rotatable bonds is 11. The van der Waals surface area contributed by atoms with Crippen molar-refractivity contribution in [1.82, 2.24) is 5.32 Å². The maximum Gasteiger partial charge on any atom is 0.248 e. The lowest BCUT2D eigenvalue weighted by Gasteiger charge is -2.34. The molecule has 0 spiro atoms. The van der Waals surface area contributed by atoms with Gasteiger partial charge in [0.15, 0.2) is 5.78 Å². The van der Waals surface area contributed by atoms with Crippen molar-refractivity contribution in [2.45, 2.75) is 51.0 Å². The normalized spacial score (nSPS) is 17.6. The highest BCUT2D eigenvalue weighted by atomic mass is 35.5. The third kappa shape index (κ3) is 6.77. The Labute approximate surface area is 259 Å². The number of ether oxygens (including phenoxy) is 1. The number of carbonyl (C=O) groups excluding carboxylic acids is 2. The van der Waals surface area contributed by atoms with E-state index in [0.717, 1.165) is 78.0 Å². The van der Waals surface area contributed by atoms with Crippen LogP contribution in [0.2, 0.25) is 5.02 Å². The number of fused-ring (bicyclic) bond motifs is 1. The van der Waals surface area contributed by atoms with E-state index in [0.29, 0.717) is 23.9 Å². The first-order valence-electron chi connectivity index (χ1n) is 14.5. The molecule has 1 aliphatic carbocycles. The summed E-state index contributed by atoms with van der Waals surface area (Å²) in [6.45, 7) is 0. The van der Waals surface area contributed by atoms with Crippen LogP contribution in [-0.2, 0) is 6.42 Å². The molecule has 1 unspecified atom stereocenters. The number of aryl methyl sites for hydroxylation is 1. The average Bonchev–Trinajstić information content (AvgIpc) is 3.39. The first-order chi connectivity index (χ1) is 20.7. The molecule has 9 heteroatoms. The van der Waals surface area contributed by atoms with Crippen molar-refractivity contribution in [3.05, 3.63) is 87.3 Å². The van der Waals surface area contributed by atoms with Crippen LogP contribution in [0.3, 0.4) is 0 Å². The van der Waals surface area contributed by atoms with Crippen LogP contribution >= 0.6 is 22.9 Å². The third-order valence-corrected chi connectivity index (χ3v) is 10.5. The highest BCUT2D eigenvalue weighted by Crippen LogP contribution is 2.42. The summed E-state index contributed by atoms with van der Waals surface area (Å²) in [6, 6.07) is 15.7. The van der Waals surface area contributed by atoms with E-state index in [1.165, 1.54) is 0 Å². The summed E-state index contributed by atoms with van der Waals surface area (Å²) in [5.74, 6) is -0.704. The lowest BCUT2D eigenvalue weighted by atomic mass is 9.74. The molecule has 1 saturated carbocycles. The Morgan fingerprint density at radius 1 is 1.02 bits per heavy atom. The third-order valence-electron chi connectivity index (χ3n) is 8.80. The summed E-state index contributed by atoms with van der Waals surface area (Å²) < 4.78 is 34.8. The van der Waals surface area contributed by atoms with E-state index in [1.807, 2.05) is 31.3 Å². The Bertz CT molecular complexity index is 1630. The summed E-state index contributed by atoms with van der Waals surface area (Å²) in [6.07, 6.45) is 5.74. The molecule has 226 valence electrons. The van der Waals surface area contributed by atoms with Crippen molar-refractivity contribution >= 4 is 44.7 Å².